The molecule has 0 atom stereocenters. The predicted molar refractivity (Wildman–Crippen MR) is 54.8 cm³/mol. The van der Waals surface area contributed by atoms with E-state index in [2.05, 4.69) is 5.32 Å². The molecular weight excluding hydrogens is 202 g/mol. The van der Waals surface area contributed by atoms with E-state index in [0.29, 0.717) is 23.9 Å². The molecule has 1 heterocycles. The number of halogens is 1. The van der Waals surface area contributed by atoms with Crippen LogP contribution < -0.4 is 10.1 Å². The molecule has 0 unspecified atom stereocenters. The van der Waals surface area contributed by atoms with Crippen molar-refractivity contribution in [3.63, 3.8) is 0 Å². The molecule has 76 valence electrons. The lowest BCUT2D eigenvalue weighted by Gasteiger charge is -2.38. The van der Waals surface area contributed by atoms with E-state index in [1.807, 2.05) is 12.1 Å². The van der Waals surface area contributed by atoms with Crippen LogP contribution in [-0.2, 0) is 5.60 Å². The number of para-hydroxylation sites is 1. The van der Waals surface area contributed by atoms with Gasteiger partial charge >= 0.3 is 0 Å². The molecule has 0 spiro atoms. The van der Waals surface area contributed by atoms with Gasteiger partial charge in [0.05, 0.1) is 12.1 Å². The van der Waals surface area contributed by atoms with Gasteiger partial charge in [-0.15, -0.1) is 0 Å². The second-order valence-corrected chi connectivity index (χ2v) is 3.86. The molecule has 1 aromatic carbocycles. The normalized spacial score (nSPS) is 18.8. The molecule has 4 heteroatoms. The van der Waals surface area contributed by atoms with E-state index in [1.54, 1.807) is 13.2 Å². The van der Waals surface area contributed by atoms with Gasteiger partial charge in [0.25, 0.3) is 0 Å². The Morgan fingerprint density at radius 1 is 1.50 bits per heavy atom. The quantitative estimate of drug-likeness (QED) is 0.774. The van der Waals surface area contributed by atoms with Crippen LogP contribution >= 0.6 is 11.6 Å². The van der Waals surface area contributed by atoms with Crippen LogP contribution in [-0.4, -0.2) is 25.3 Å². The molecule has 2 rings (SSSR count). The summed E-state index contributed by atoms with van der Waals surface area (Å²) in [7, 11) is 1.56. The molecule has 0 aliphatic carbocycles. The Morgan fingerprint density at radius 2 is 2.21 bits per heavy atom. The van der Waals surface area contributed by atoms with Crippen molar-refractivity contribution in [2.24, 2.45) is 0 Å². The Bertz CT molecular complexity index is 350. The number of nitrogens with one attached hydrogen (secondary N) is 1. The van der Waals surface area contributed by atoms with E-state index in [9.17, 15) is 5.11 Å². The number of aliphatic hydroxyl groups is 1. The van der Waals surface area contributed by atoms with E-state index in [0.717, 1.165) is 5.56 Å². The molecule has 1 saturated heterocycles. The first-order valence-corrected chi connectivity index (χ1v) is 4.81. The molecule has 0 bridgehead atoms. The zero-order valence-electron chi connectivity index (χ0n) is 7.88. The van der Waals surface area contributed by atoms with Crippen LogP contribution in [0.25, 0.3) is 0 Å². The summed E-state index contributed by atoms with van der Waals surface area (Å²) in [4.78, 5) is 0. The highest BCUT2D eigenvalue weighted by atomic mass is 35.5. The van der Waals surface area contributed by atoms with Gasteiger partial charge < -0.3 is 15.2 Å². The van der Waals surface area contributed by atoms with E-state index in [-0.39, 0.29) is 0 Å². The Labute approximate surface area is 87.6 Å². The number of rotatable bonds is 2. The molecule has 0 amide bonds. The molecule has 2 N–H and O–H groups in total. The van der Waals surface area contributed by atoms with Crippen LogP contribution in [0.3, 0.4) is 0 Å². The average Bonchev–Trinajstić information content (AvgIpc) is 2.14. The molecule has 14 heavy (non-hydrogen) atoms. The fraction of sp³-hybridized carbons (Fsp3) is 0.400. The first-order chi connectivity index (χ1) is 6.67. The fourth-order valence-corrected chi connectivity index (χ4v) is 1.89. The highest BCUT2D eigenvalue weighted by molar-refractivity contribution is 6.32. The van der Waals surface area contributed by atoms with Crippen LogP contribution in [0.1, 0.15) is 5.56 Å². The van der Waals surface area contributed by atoms with E-state index < -0.39 is 5.60 Å². The molecule has 1 aromatic rings. The minimum absolute atomic E-state index is 0.533. The van der Waals surface area contributed by atoms with Gasteiger partial charge in [0.15, 0.2) is 0 Å². The van der Waals surface area contributed by atoms with Gasteiger partial charge in [-0.25, -0.2) is 0 Å². The minimum atomic E-state index is -0.823. The van der Waals surface area contributed by atoms with Gasteiger partial charge in [0.2, 0.25) is 0 Å². The number of hydrogen-bond donors (Lipinski definition) is 2. The summed E-state index contributed by atoms with van der Waals surface area (Å²) in [5, 5.41) is 13.7. The number of methoxy groups -OCH3 is 1. The zero-order chi connectivity index (χ0) is 10.2. The Hall–Kier alpha value is -0.770. The summed E-state index contributed by atoms with van der Waals surface area (Å²) < 4.78 is 5.18. The highest BCUT2D eigenvalue weighted by Crippen LogP contribution is 2.37. The van der Waals surface area contributed by atoms with Crippen molar-refractivity contribution in [1.29, 1.82) is 0 Å². The summed E-state index contributed by atoms with van der Waals surface area (Å²) in [6, 6.07) is 5.40. The van der Waals surface area contributed by atoms with E-state index >= 15 is 0 Å². The summed E-state index contributed by atoms with van der Waals surface area (Å²) in [6.07, 6.45) is 0. The average molecular weight is 214 g/mol. The number of benzene rings is 1. The molecule has 1 fully saturated rings. The SMILES string of the molecule is COc1c(Cl)cccc1C1(O)CNC1. The standard InChI is InChI=1S/C10H12ClNO2/c1-14-9-7(3-2-4-8(9)11)10(13)5-12-6-10/h2-4,12-13H,5-6H2,1H3. The van der Waals surface area contributed by atoms with Crippen LogP contribution in [0.5, 0.6) is 5.75 Å². The van der Waals surface area contributed by atoms with Gasteiger partial charge in [-0.2, -0.15) is 0 Å². The lowest BCUT2D eigenvalue weighted by Crippen LogP contribution is -2.56. The number of ether oxygens (including phenoxy) is 1. The van der Waals surface area contributed by atoms with Crippen molar-refractivity contribution in [2.45, 2.75) is 5.60 Å². The summed E-state index contributed by atoms with van der Waals surface area (Å²) in [5.41, 5.74) is -0.0674. The second kappa shape index (κ2) is 3.42. The van der Waals surface area contributed by atoms with Crippen molar-refractivity contribution in [3.8, 4) is 5.75 Å². The molecule has 0 saturated carbocycles. The Morgan fingerprint density at radius 3 is 2.71 bits per heavy atom. The van der Waals surface area contributed by atoms with Gasteiger partial charge in [-0.05, 0) is 6.07 Å². The Kier molecular flexibility index (Phi) is 2.39. The van der Waals surface area contributed by atoms with Crippen molar-refractivity contribution >= 4 is 11.6 Å². The van der Waals surface area contributed by atoms with Crippen LogP contribution in [0.15, 0.2) is 18.2 Å². The van der Waals surface area contributed by atoms with Gasteiger partial charge in [0.1, 0.15) is 11.4 Å². The largest absolute Gasteiger partial charge is 0.495 e. The lowest BCUT2D eigenvalue weighted by atomic mass is 9.87. The third-order valence-electron chi connectivity index (χ3n) is 2.51. The maximum absolute atomic E-state index is 10.1. The van der Waals surface area contributed by atoms with Crippen LogP contribution in [0.2, 0.25) is 5.02 Å². The van der Waals surface area contributed by atoms with Crippen molar-refractivity contribution in [1.82, 2.24) is 5.32 Å². The summed E-state index contributed by atoms with van der Waals surface area (Å²) in [5.74, 6) is 0.568. The maximum Gasteiger partial charge on any atom is 0.143 e. The van der Waals surface area contributed by atoms with Gasteiger partial charge in [0, 0.05) is 18.7 Å². The molecule has 3 nitrogen and oxygen atoms in total. The van der Waals surface area contributed by atoms with Crippen molar-refractivity contribution < 1.29 is 9.84 Å². The molecule has 0 radical (unpaired) electrons. The number of β-amino-alcohol motifs (C(OH)–C–C–N with tert-alkyl or cyclic N) is 1. The van der Waals surface area contributed by atoms with E-state index in [4.69, 9.17) is 16.3 Å². The summed E-state index contributed by atoms with van der Waals surface area (Å²) in [6.45, 7) is 1.09. The van der Waals surface area contributed by atoms with Gasteiger partial charge in [-0.3, -0.25) is 0 Å². The highest BCUT2D eigenvalue weighted by Gasteiger charge is 2.38. The zero-order valence-corrected chi connectivity index (χ0v) is 8.64. The predicted octanol–water partition coefficient (Wildman–Crippen LogP) is 1.14. The van der Waals surface area contributed by atoms with Crippen LogP contribution in [0, 0.1) is 0 Å². The molecule has 1 aliphatic rings. The first-order valence-electron chi connectivity index (χ1n) is 4.43. The first kappa shape index (κ1) is 9.77. The fourth-order valence-electron chi connectivity index (χ4n) is 1.64. The smallest absolute Gasteiger partial charge is 0.143 e. The third kappa shape index (κ3) is 1.38. The maximum atomic E-state index is 10.1. The third-order valence-corrected chi connectivity index (χ3v) is 2.80. The van der Waals surface area contributed by atoms with Crippen molar-refractivity contribution in [2.75, 3.05) is 20.2 Å². The number of hydrogen-bond acceptors (Lipinski definition) is 3. The monoisotopic (exact) mass is 213 g/mol. The molecule has 1 aliphatic heterocycles. The Balaban J connectivity index is 2.46. The molecular formula is C10H12ClNO2. The molecule has 0 aromatic heterocycles. The van der Waals surface area contributed by atoms with Gasteiger partial charge in [-0.1, -0.05) is 23.7 Å². The van der Waals surface area contributed by atoms with E-state index in [1.165, 1.54) is 0 Å². The topological polar surface area (TPSA) is 41.5 Å². The van der Waals surface area contributed by atoms with Crippen LogP contribution in [0.4, 0.5) is 0 Å². The lowest BCUT2D eigenvalue weighted by molar-refractivity contribution is -0.0164. The van der Waals surface area contributed by atoms with Crippen molar-refractivity contribution in [3.05, 3.63) is 28.8 Å². The summed E-state index contributed by atoms with van der Waals surface area (Å²) >= 11 is 5.96. The minimum Gasteiger partial charge on any atom is -0.495 e. The second-order valence-electron chi connectivity index (χ2n) is 3.46.